The molecule has 1 spiro atoms. The van der Waals surface area contributed by atoms with Gasteiger partial charge in [0.1, 0.15) is 0 Å². The molecule has 0 aliphatic heterocycles. The van der Waals surface area contributed by atoms with Crippen LogP contribution in [-0.4, -0.2) is 30.2 Å². The van der Waals surface area contributed by atoms with Gasteiger partial charge in [0, 0.05) is 0 Å². The Morgan fingerprint density at radius 1 is 0.302 bits per heavy atom. The van der Waals surface area contributed by atoms with Gasteiger partial charge in [-0.3, -0.25) is 0 Å². The first-order chi connectivity index (χ1) is 40.2. The molecule has 0 bridgehead atoms. The average molecular weight is 877 g/mol. The van der Waals surface area contributed by atoms with Crippen LogP contribution in [0.4, 0.5) is 0 Å². The summed E-state index contributed by atoms with van der Waals surface area (Å²) < 4.78 is 317. The molecule has 0 unspecified atom stereocenters. The van der Waals surface area contributed by atoms with Gasteiger partial charge in [0.25, 0.3) is 0 Å². The third-order valence-electron chi connectivity index (χ3n) is 8.81. The van der Waals surface area contributed by atoms with E-state index in [1.165, 1.54) is 0 Å². The molecule has 0 N–H and O–H groups in total. The SMILES string of the molecule is [2H]c1c([2H])c([2H])c(P(=[Se])(c2c([2H])c([2H])c([2H])c([2H])c2[2H])c2c([2H])c([2H])c3c(c2[2H])C2(c4c([2H])c([2H])c([2H])c([2H])c4-c4c([2H])c([2H])c([2H])c([2H])c42)c2c([2H])c(P(=[Se])(c4c([2H])c([2H])c([2H])c([2H])c4[2H])c4c([2H])c([2H])c([2H])c([2H])c4[2H])c([2H])c([2H])c2-3)c([2H])c1[2H]. The van der Waals surface area contributed by atoms with E-state index in [0.29, 0.717) is 0 Å². The minimum absolute atomic E-state index is 0.771. The second-order valence-corrected chi connectivity index (χ2v) is 23.3. The summed E-state index contributed by atoms with van der Waals surface area (Å²) in [5.41, 5.74) is -20.7. The molecule has 0 saturated carbocycles. The van der Waals surface area contributed by atoms with E-state index in [4.69, 9.17) is 19.2 Å². The molecule has 8 aromatic rings. The van der Waals surface area contributed by atoms with Crippen molar-refractivity contribution < 1.29 is 46.6 Å². The normalized spacial score (nSPS) is 22.6. The number of hydrogen-bond acceptors (Lipinski definition) is 0. The zero-order chi connectivity index (χ0) is 65.2. The molecule has 8 aromatic carbocycles. The summed E-state index contributed by atoms with van der Waals surface area (Å²) in [6, 6.07) is -38.0. The van der Waals surface area contributed by atoms with E-state index in [2.05, 4.69) is 30.2 Å². The molecular formula is C49H34P2Se2. The first kappa shape index (κ1) is 13.2. The van der Waals surface area contributed by atoms with Crippen molar-refractivity contribution in [1.29, 1.82) is 0 Å². The minimum atomic E-state index is -5.19. The van der Waals surface area contributed by atoms with Crippen LogP contribution in [0.5, 0.6) is 0 Å². The number of rotatable bonds is 6. The van der Waals surface area contributed by atoms with Crippen molar-refractivity contribution in [2.45, 2.75) is 5.41 Å². The Labute approximate surface area is 374 Å². The Morgan fingerprint density at radius 2 is 0.585 bits per heavy atom. The molecule has 0 aromatic heterocycles. The predicted molar refractivity (Wildman–Crippen MR) is 232 cm³/mol. The Morgan fingerprint density at radius 3 is 0.925 bits per heavy atom. The van der Waals surface area contributed by atoms with Crippen LogP contribution >= 0.6 is 11.0 Å². The van der Waals surface area contributed by atoms with Gasteiger partial charge >= 0.3 is 375 Å². The molecule has 2 aliphatic carbocycles. The third-order valence-corrected chi connectivity index (χ3v) is 20.8. The summed E-state index contributed by atoms with van der Waals surface area (Å²) in [6.45, 7) is 0. The second kappa shape index (κ2) is 12.9. The van der Waals surface area contributed by atoms with Crippen LogP contribution in [0, 0.1) is 0 Å². The molecule has 53 heavy (non-hydrogen) atoms. The van der Waals surface area contributed by atoms with Gasteiger partial charge in [-0.15, -0.1) is 0 Å². The van der Waals surface area contributed by atoms with Crippen molar-refractivity contribution in [2.75, 3.05) is 0 Å². The number of fused-ring (bicyclic) bond motifs is 10. The van der Waals surface area contributed by atoms with E-state index < -0.39 is 298 Å². The Kier molecular flexibility index (Phi) is 3.20. The van der Waals surface area contributed by atoms with E-state index in [-0.39, 0.29) is 0 Å². The first-order valence-corrected chi connectivity index (χ1v) is 23.2. The zero-order valence-corrected chi connectivity index (χ0v) is 31.4. The second-order valence-electron chi connectivity index (χ2n) is 11.3. The van der Waals surface area contributed by atoms with Gasteiger partial charge in [0.2, 0.25) is 0 Å². The van der Waals surface area contributed by atoms with Gasteiger partial charge < -0.3 is 0 Å². The van der Waals surface area contributed by atoms with Crippen molar-refractivity contribution in [2.24, 2.45) is 0 Å². The van der Waals surface area contributed by atoms with Crippen LogP contribution in [-0.2, 0) is 5.41 Å². The van der Waals surface area contributed by atoms with E-state index >= 15 is 0 Å². The molecule has 252 valence electrons. The molecule has 10 rings (SSSR count). The Hall–Kier alpha value is -4.34. The van der Waals surface area contributed by atoms with Crippen molar-refractivity contribution in [3.63, 3.8) is 0 Å². The predicted octanol–water partition coefficient (Wildman–Crippen LogP) is 8.78. The van der Waals surface area contributed by atoms with E-state index in [1.807, 2.05) is 0 Å². The van der Waals surface area contributed by atoms with Gasteiger partial charge in [-0.05, 0) is 0 Å². The van der Waals surface area contributed by atoms with Crippen molar-refractivity contribution in [3.05, 3.63) is 228 Å². The maximum atomic E-state index is 10.8. The summed E-state index contributed by atoms with van der Waals surface area (Å²) in [5.74, 6) is 0. The summed E-state index contributed by atoms with van der Waals surface area (Å²) >= 11 is 5.31. The molecule has 0 fully saturated rings. The molecule has 0 radical (unpaired) electrons. The van der Waals surface area contributed by atoms with Crippen LogP contribution in [0.3, 0.4) is 0 Å². The van der Waals surface area contributed by atoms with Crippen molar-refractivity contribution >= 4 is 73.0 Å². The standard InChI is InChI=1S/C49H34P2Se2/c52-50(35-17-5-1-6-18-35,36-19-7-2-8-20-36)39-29-31-43-44-32-30-40(51(53,37-21-9-3-10-22-37)38-23-11-4-12-24-38)34-48(44)49(47(43)33-39)45-27-15-13-25-41(45)42-26-14-16-28-46(42)49/h1-34H/i1D,2D,3D,4D,5D,6D,7D,8D,9D,10D,11D,12D,13D,14D,15D,16D,17D,18D,19D,20D,21D,22D,23D,24D,25D,26D,27D,28D,29D,30D,31D,32D,33D,34D. The summed E-state index contributed by atoms with van der Waals surface area (Å²) in [6.07, 6.45) is 0. The quantitative estimate of drug-likeness (QED) is 0.116. The van der Waals surface area contributed by atoms with Crippen LogP contribution in [0.2, 0.25) is 0 Å². The van der Waals surface area contributed by atoms with E-state index in [9.17, 15) is 27.4 Å². The van der Waals surface area contributed by atoms with Crippen LogP contribution in [0.1, 0.15) is 68.9 Å². The molecule has 0 nitrogen and oxygen atoms in total. The van der Waals surface area contributed by atoms with Gasteiger partial charge in [-0.2, -0.15) is 0 Å². The van der Waals surface area contributed by atoms with Crippen molar-refractivity contribution in [3.8, 4) is 22.3 Å². The van der Waals surface area contributed by atoms with Crippen molar-refractivity contribution in [1.82, 2.24) is 0 Å². The number of benzene rings is 8. The van der Waals surface area contributed by atoms with Gasteiger partial charge in [0.15, 0.2) is 0 Å². The van der Waals surface area contributed by atoms with Crippen LogP contribution < -0.4 is 31.8 Å². The fourth-order valence-electron chi connectivity index (χ4n) is 6.63. The van der Waals surface area contributed by atoms with Crippen LogP contribution in [0.25, 0.3) is 22.3 Å². The average Bonchev–Trinajstić information content (AvgIpc) is 1.49. The van der Waals surface area contributed by atoms with E-state index in [0.717, 1.165) is 0 Å². The van der Waals surface area contributed by atoms with E-state index in [1.54, 1.807) is 0 Å². The fraction of sp³-hybridized carbons (Fsp3) is 0.0204. The topological polar surface area (TPSA) is 0 Å². The third kappa shape index (κ3) is 4.81. The van der Waals surface area contributed by atoms with Gasteiger partial charge in [0.05, 0.1) is 0 Å². The Bertz CT molecular complexity index is 4210. The monoisotopic (exact) mass is 878 g/mol. The molecular weight excluding hydrogens is 808 g/mol. The summed E-state index contributed by atoms with van der Waals surface area (Å²) in [7, 11) is 0. The Balaban J connectivity index is 1.60. The molecule has 4 heteroatoms. The first-order valence-electron chi connectivity index (χ1n) is 32.2. The number of hydrogen-bond donors (Lipinski definition) is 0. The molecule has 0 saturated heterocycles. The molecule has 0 atom stereocenters. The zero-order valence-electron chi connectivity index (χ0n) is 60.2. The maximum absolute atomic E-state index is 10.8. The van der Waals surface area contributed by atoms with Crippen LogP contribution in [0.15, 0.2) is 205 Å². The van der Waals surface area contributed by atoms with Gasteiger partial charge in [-0.1, -0.05) is 0 Å². The molecule has 0 heterocycles. The summed E-state index contributed by atoms with van der Waals surface area (Å²) in [5, 5.41) is -5.78. The molecule has 2 aliphatic rings. The fourth-order valence-corrected chi connectivity index (χ4v) is 14.1. The molecule has 0 amide bonds. The summed E-state index contributed by atoms with van der Waals surface area (Å²) in [4.78, 5) is 0. The van der Waals surface area contributed by atoms with Gasteiger partial charge in [-0.25, -0.2) is 0 Å².